The maximum atomic E-state index is 3.50. The smallest absolute Gasteiger partial charge is 0.0184 e. The molecule has 0 aromatic heterocycles. The van der Waals surface area contributed by atoms with Crippen molar-refractivity contribution < 1.29 is 0 Å². The van der Waals surface area contributed by atoms with Gasteiger partial charge in [0.2, 0.25) is 0 Å². The molecule has 0 unspecified atom stereocenters. The maximum absolute atomic E-state index is 3.50. The molecule has 0 aliphatic heterocycles. The van der Waals surface area contributed by atoms with Crippen molar-refractivity contribution in [3.05, 3.63) is 52.9 Å². The largest absolute Gasteiger partial charge is 0.0616 e. The fourth-order valence-corrected chi connectivity index (χ4v) is 2.03. The predicted molar refractivity (Wildman–Crippen MR) is 60.7 cm³/mol. The number of fused-ring (bicyclic) bond motifs is 1. The molecule has 0 heterocycles. The van der Waals surface area contributed by atoms with Gasteiger partial charge in [0.05, 0.1) is 0 Å². The number of hydrogen-bond acceptors (Lipinski definition) is 0. The molecule has 13 heavy (non-hydrogen) atoms. The van der Waals surface area contributed by atoms with Crippen molar-refractivity contribution in [1.29, 1.82) is 0 Å². The van der Waals surface area contributed by atoms with Crippen LogP contribution in [0.25, 0.3) is 10.8 Å². The molecule has 65 valence electrons. The van der Waals surface area contributed by atoms with Crippen molar-refractivity contribution in [3.63, 3.8) is 0 Å². The third-order valence-corrected chi connectivity index (χ3v) is 2.63. The zero-order chi connectivity index (χ0) is 9.26. The quantitative estimate of drug-likeness (QED) is 0.694. The average molecular weight is 234 g/mol. The van der Waals surface area contributed by atoms with Crippen LogP contribution in [0.4, 0.5) is 0 Å². The Bertz CT molecular complexity index is 432. The maximum Gasteiger partial charge on any atom is 0.0184 e. The summed E-state index contributed by atoms with van der Waals surface area (Å²) >= 11 is 3.50. The van der Waals surface area contributed by atoms with Crippen LogP contribution >= 0.6 is 15.9 Å². The Morgan fingerprint density at radius 3 is 2.69 bits per heavy atom. The molecule has 0 spiro atoms. The van der Waals surface area contributed by atoms with Crippen LogP contribution in [0.15, 0.2) is 40.9 Å². The van der Waals surface area contributed by atoms with E-state index in [1.165, 1.54) is 16.3 Å². The highest BCUT2D eigenvalue weighted by Crippen LogP contribution is 2.24. The minimum atomic E-state index is 1.14. The van der Waals surface area contributed by atoms with Crippen molar-refractivity contribution in [3.8, 4) is 0 Å². The van der Waals surface area contributed by atoms with Gasteiger partial charge in [0.15, 0.2) is 0 Å². The fourth-order valence-electron chi connectivity index (χ4n) is 1.54. The number of halogens is 1. The summed E-state index contributed by atoms with van der Waals surface area (Å²) in [6.45, 7) is 2.06. The Labute approximate surface area is 86.7 Å². The molecular weight excluding hydrogens is 224 g/mol. The second-order valence-corrected chi connectivity index (χ2v) is 3.92. The van der Waals surface area contributed by atoms with Crippen LogP contribution in [0.2, 0.25) is 0 Å². The Hall–Kier alpha value is -0.820. The van der Waals surface area contributed by atoms with E-state index in [0.29, 0.717) is 0 Å². The Balaban J connectivity index is 2.81. The lowest BCUT2D eigenvalue weighted by atomic mass is 10.0. The Morgan fingerprint density at radius 2 is 1.92 bits per heavy atom. The summed E-state index contributed by atoms with van der Waals surface area (Å²) in [6, 6.07) is 12.7. The first-order valence-electron chi connectivity index (χ1n) is 4.29. The molecule has 0 nitrogen and oxygen atoms in total. The molecule has 0 saturated heterocycles. The summed E-state index contributed by atoms with van der Waals surface area (Å²) in [4.78, 5) is 0. The average Bonchev–Trinajstić information content (AvgIpc) is 2.16. The van der Waals surface area contributed by atoms with Crippen molar-refractivity contribution in [2.24, 2.45) is 0 Å². The fraction of sp³-hybridized carbons (Fsp3) is 0.0833. The Kier molecular flexibility index (Phi) is 2.36. The molecule has 0 amide bonds. The first-order chi connectivity index (χ1) is 6.31. The molecule has 0 atom stereocenters. The van der Waals surface area contributed by atoms with Gasteiger partial charge in [-0.2, -0.15) is 0 Å². The van der Waals surface area contributed by atoms with Crippen LogP contribution in [0.5, 0.6) is 0 Å². The molecule has 2 aromatic carbocycles. The lowest BCUT2D eigenvalue weighted by molar-refractivity contribution is 1.45. The van der Waals surface area contributed by atoms with E-state index in [1.807, 2.05) is 0 Å². The standard InChI is InChI=1S/C12H10Br/c1-2-9-7-11(13)8-10-5-3-4-6-12(9)10/h2-8H,1H3. The summed E-state index contributed by atoms with van der Waals surface area (Å²) in [5.74, 6) is 0. The highest BCUT2D eigenvalue weighted by Gasteiger charge is 1.99. The van der Waals surface area contributed by atoms with Crippen molar-refractivity contribution >= 4 is 26.7 Å². The van der Waals surface area contributed by atoms with Gasteiger partial charge in [-0.05, 0) is 34.9 Å². The summed E-state index contributed by atoms with van der Waals surface area (Å²) in [6.07, 6.45) is 2.13. The predicted octanol–water partition coefficient (Wildman–Crippen LogP) is 4.17. The van der Waals surface area contributed by atoms with Gasteiger partial charge < -0.3 is 0 Å². The highest BCUT2D eigenvalue weighted by atomic mass is 79.9. The van der Waals surface area contributed by atoms with Crippen molar-refractivity contribution in [2.75, 3.05) is 0 Å². The molecule has 0 saturated carbocycles. The molecule has 0 aliphatic rings. The van der Waals surface area contributed by atoms with E-state index in [9.17, 15) is 0 Å². The molecule has 0 aliphatic carbocycles. The van der Waals surface area contributed by atoms with E-state index < -0.39 is 0 Å². The highest BCUT2D eigenvalue weighted by molar-refractivity contribution is 9.10. The van der Waals surface area contributed by atoms with Crippen molar-refractivity contribution in [1.82, 2.24) is 0 Å². The topological polar surface area (TPSA) is 0 Å². The number of benzene rings is 2. The van der Waals surface area contributed by atoms with Crippen LogP contribution in [0, 0.1) is 6.42 Å². The summed E-state index contributed by atoms with van der Waals surface area (Å²) in [7, 11) is 0. The van der Waals surface area contributed by atoms with Crippen molar-refractivity contribution in [2.45, 2.75) is 6.92 Å². The lowest BCUT2D eigenvalue weighted by Gasteiger charge is -2.04. The molecule has 0 fully saturated rings. The van der Waals surface area contributed by atoms with Crippen LogP contribution in [0.1, 0.15) is 12.5 Å². The normalized spacial score (nSPS) is 10.6. The van der Waals surface area contributed by atoms with Gasteiger partial charge >= 0.3 is 0 Å². The third kappa shape index (κ3) is 1.61. The van der Waals surface area contributed by atoms with Gasteiger partial charge in [0.1, 0.15) is 0 Å². The first kappa shape index (κ1) is 8.76. The van der Waals surface area contributed by atoms with Gasteiger partial charge in [-0.15, -0.1) is 0 Å². The van der Waals surface area contributed by atoms with Gasteiger partial charge in [-0.1, -0.05) is 47.1 Å². The van der Waals surface area contributed by atoms with E-state index in [4.69, 9.17) is 0 Å². The minimum Gasteiger partial charge on any atom is -0.0616 e. The van der Waals surface area contributed by atoms with E-state index in [-0.39, 0.29) is 0 Å². The van der Waals surface area contributed by atoms with E-state index in [2.05, 4.69) is 65.7 Å². The van der Waals surface area contributed by atoms with Gasteiger partial charge in [0, 0.05) is 4.47 Å². The number of hydrogen-bond donors (Lipinski definition) is 0. The van der Waals surface area contributed by atoms with Gasteiger partial charge in [-0.25, -0.2) is 0 Å². The molecule has 2 aromatic rings. The Morgan fingerprint density at radius 1 is 1.15 bits per heavy atom. The molecule has 0 N–H and O–H groups in total. The molecule has 1 heteroatoms. The number of rotatable bonds is 1. The first-order valence-corrected chi connectivity index (χ1v) is 5.08. The van der Waals surface area contributed by atoms with Gasteiger partial charge in [0.25, 0.3) is 0 Å². The second-order valence-electron chi connectivity index (χ2n) is 3.00. The van der Waals surface area contributed by atoms with Crippen LogP contribution in [-0.4, -0.2) is 0 Å². The van der Waals surface area contributed by atoms with E-state index in [1.54, 1.807) is 0 Å². The summed E-state index contributed by atoms with van der Waals surface area (Å²) in [5, 5.41) is 2.60. The van der Waals surface area contributed by atoms with E-state index >= 15 is 0 Å². The molecular formula is C12H10Br. The summed E-state index contributed by atoms with van der Waals surface area (Å²) < 4.78 is 1.14. The minimum absolute atomic E-state index is 1.14. The zero-order valence-electron chi connectivity index (χ0n) is 7.42. The molecule has 2 rings (SSSR count). The van der Waals surface area contributed by atoms with Crippen LogP contribution in [0.3, 0.4) is 0 Å². The lowest BCUT2D eigenvalue weighted by Crippen LogP contribution is -1.81. The van der Waals surface area contributed by atoms with Gasteiger partial charge in [-0.3, -0.25) is 0 Å². The SMILES string of the molecule is C[CH]c1cc(Br)cc2ccccc12. The zero-order valence-corrected chi connectivity index (χ0v) is 9.01. The monoisotopic (exact) mass is 233 g/mol. The third-order valence-electron chi connectivity index (χ3n) is 2.17. The summed E-state index contributed by atoms with van der Waals surface area (Å²) in [5.41, 5.74) is 1.28. The molecule has 1 radical (unpaired) electrons. The van der Waals surface area contributed by atoms with Crippen LogP contribution in [-0.2, 0) is 0 Å². The van der Waals surface area contributed by atoms with Crippen LogP contribution < -0.4 is 0 Å². The second kappa shape index (κ2) is 3.51. The van der Waals surface area contributed by atoms with E-state index in [0.717, 1.165) is 4.47 Å². The molecule has 0 bridgehead atoms.